The summed E-state index contributed by atoms with van der Waals surface area (Å²) in [6.45, 7) is 9.87. The summed E-state index contributed by atoms with van der Waals surface area (Å²) in [5, 5.41) is 9.63. The molecule has 0 saturated carbocycles. The van der Waals surface area contributed by atoms with E-state index in [4.69, 9.17) is 11.6 Å². The molecule has 0 saturated heterocycles. The van der Waals surface area contributed by atoms with Crippen LogP contribution in [0.25, 0.3) is 0 Å². The summed E-state index contributed by atoms with van der Waals surface area (Å²) in [7, 11) is 0. The number of anilines is 1. The van der Waals surface area contributed by atoms with Gasteiger partial charge in [-0.25, -0.2) is 9.97 Å². The second-order valence-corrected chi connectivity index (χ2v) is 6.07. The lowest BCUT2D eigenvalue weighted by atomic mass is 9.96. The lowest BCUT2D eigenvalue weighted by Gasteiger charge is -2.25. The van der Waals surface area contributed by atoms with Crippen molar-refractivity contribution in [3.05, 3.63) is 17.0 Å². The first kappa shape index (κ1) is 16.2. The first-order chi connectivity index (χ1) is 8.88. The third kappa shape index (κ3) is 4.96. The van der Waals surface area contributed by atoms with Crippen LogP contribution in [0.2, 0.25) is 5.15 Å². The maximum Gasteiger partial charge on any atom is 0.137 e. The zero-order chi connectivity index (χ0) is 14.5. The van der Waals surface area contributed by atoms with Crippen LogP contribution in [0.3, 0.4) is 0 Å². The van der Waals surface area contributed by atoms with Crippen molar-refractivity contribution < 1.29 is 5.11 Å². The average Bonchev–Trinajstić information content (AvgIpc) is 2.32. The van der Waals surface area contributed by atoms with Crippen molar-refractivity contribution in [1.29, 1.82) is 0 Å². The summed E-state index contributed by atoms with van der Waals surface area (Å²) in [6, 6.07) is 1.77. The highest BCUT2D eigenvalue weighted by Crippen LogP contribution is 2.24. The molecule has 0 amide bonds. The molecule has 1 aromatic rings. The van der Waals surface area contributed by atoms with Crippen LogP contribution in [0.5, 0.6) is 0 Å². The summed E-state index contributed by atoms with van der Waals surface area (Å²) in [4.78, 5) is 11.0. The maximum absolute atomic E-state index is 9.18. The molecule has 0 aromatic carbocycles. The normalized spacial score (nSPS) is 11.7. The Bertz CT molecular complexity index is 404. The molecule has 0 bridgehead atoms. The Balaban J connectivity index is 3.05. The molecule has 1 N–H and O–H groups in total. The molecule has 0 aliphatic heterocycles. The molecule has 0 aliphatic rings. The van der Waals surface area contributed by atoms with Crippen LogP contribution < -0.4 is 4.90 Å². The molecular formula is C14H24ClN3O. The SMILES string of the molecule is CCCCN(CCO)c1cc(Cl)nc(C(C)(C)C)n1. The number of hydrogen-bond donors (Lipinski definition) is 1. The summed E-state index contributed by atoms with van der Waals surface area (Å²) >= 11 is 6.09. The Morgan fingerprint density at radius 2 is 1.95 bits per heavy atom. The van der Waals surface area contributed by atoms with Gasteiger partial charge in [-0.1, -0.05) is 45.7 Å². The Labute approximate surface area is 120 Å². The van der Waals surface area contributed by atoms with Gasteiger partial charge in [-0.2, -0.15) is 0 Å². The molecule has 0 atom stereocenters. The Kier molecular flexibility index (Phi) is 6.01. The largest absolute Gasteiger partial charge is 0.395 e. The van der Waals surface area contributed by atoms with Crippen LogP contribution in [0.4, 0.5) is 5.82 Å². The summed E-state index contributed by atoms with van der Waals surface area (Å²) < 4.78 is 0. The molecule has 0 unspecified atom stereocenters. The fourth-order valence-electron chi connectivity index (χ4n) is 1.71. The van der Waals surface area contributed by atoms with Gasteiger partial charge in [0, 0.05) is 24.6 Å². The molecule has 108 valence electrons. The average molecular weight is 286 g/mol. The number of aliphatic hydroxyl groups is 1. The van der Waals surface area contributed by atoms with E-state index in [0.29, 0.717) is 11.7 Å². The van der Waals surface area contributed by atoms with E-state index in [1.165, 1.54) is 0 Å². The number of rotatable bonds is 6. The lowest BCUT2D eigenvalue weighted by Crippen LogP contribution is -2.30. The van der Waals surface area contributed by atoms with Gasteiger partial charge in [0.2, 0.25) is 0 Å². The number of nitrogens with zero attached hydrogens (tertiary/aromatic N) is 3. The molecule has 5 heteroatoms. The van der Waals surface area contributed by atoms with Gasteiger partial charge in [0.1, 0.15) is 16.8 Å². The summed E-state index contributed by atoms with van der Waals surface area (Å²) in [6.07, 6.45) is 2.17. The minimum atomic E-state index is -0.144. The first-order valence-corrected chi connectivity index (χ1v) is 7.17. The van der Waals surface area contributed by atoms with Crippen LogP contribution in [0.15, 0.2) is 6.07 Å². The van der Waals surface area contributed by atoms with Crippen LogP contribution >= 0.6 is 11.6 Å². The van der Waals surface area contributed by atoms with E-state index < -0.39 is 0 Å². The second-order valence-electron chi connectivity index (χ2n) is 5.69. The van der Waals surface area contributed by atoms with E-state index in [1.54, 1.807) is 6.07 Å². The van der Waals surface area contributed by atoms with E-state index in [1.807, 2.05) is 0 Å². The molecule has 0 spiro atoms. The summed E-state index contributed by atoms with van der Waals surface area (Å²) in [5.41, 5.74) is -0.144. The quantitative estimate of drug-likeness (QED) is 0.816. The Hall–Kier alpha value is -0.870. The van der Waals surface area contributed by atoms with Gasteiger partial charge in [0.05, 0.1) is 6.61 Å². The standard InChI is InChI=1S/C14H24ClN3O/c1-5-6-7-18(8-9-19)12-10-11(15)16-13(17-12)14(2,3)4/h10,19H,5-9H2,1-4H3. The second kappa shape index (κ2) is 7.06. The van der Waals surface area contributed by atoms with Gasteiger partial charge >= 0.3 is 0 Å². The van der Waals surface area contributed by atoms with Crippen molar-refractivity contribution in [2.75, 3.05) is 24.6 Å². The molecule has 1 heterocycles. The third-order valence-electron chi connectivity index (χ3n) is 2.83. The van der Waals surface area contributed by atoms with Gasteiger partial charge in [0.15, 0.2) is 0 Å². The highest BCUT2D eigenvalue weighted by molar-refractivity contribution is 6.29. The highest BCUT2D eigenvalue weighted by atomic mass is 35.5. The Morgan fingerprint density at radius 1 is 1.26 bits per heavy atom. The number of aliphatic hydroxyl groups excluding tert-OH is 1. The Morgan fingerprint density at radius 3 is 2.47 bits per heavy atom. The van der Waals surface area contributed by atoms with Crippen molar-refractivity contribution >= 4 is 17.4 Å². The van der Waals surface area contributed by atoms with Crippen LogP contribution in [0.1, 0.15) is 46.4 Å². The molecule has 1 aromatic heterocycles. The van der Waals surface area contributed by atoms with Gasteiger partial charge in [-0.15, -0.1) is 0 Å². The monoisotopic (exact) mass is 285 g/mol. The van der Waals surface area contributed by atoms with Crippen LogP contribution in [0, 0.1) is 0 Å². The van der Waals surface area contributed by atoms with Crippen molar-refractivity contribution in [1.82, 2.24) is 9.97 Å². The number of hydrogen-bond acceptors (Lipinski definition) is 4. The number of aromatic nitrogens is 2. The van der Waals surface area contributed by atoms with Gasteiger partial charge in [-0.3, -0.25) is 0 Å². The molecular weight excluding hydrogens is 262 g/mol. The van der Waals surface area contributed by atoms with Crippen molar-refractivity contribution in [3.8, 4) is 0 Å². The molecule has 0 aliphatic carbocycles. The van der Waals surface area contributed by atoms with E-state index in [9.17, 15) is 5.11 Å². The smallest absolute Gasteiger partial charge is 0.137 e. The van der Waals surface area contributed by atoms with E-state index >= 15 is 0 Å². The molecule has 1 rings (SSSR count). The zero-order valence-electron chi connectivity index (χ0n) is 12.3. The topological polar surface area (TPSA) is 49.2 Å². The summed E-state index contributed by atoms with van der Waals surface area (Å²) in [5.74, 6) is 1.53. The number of unbranched alkanes of at least 4 members (excludes halogenated alkanes) is 1. The van der Waals surface area contributed by atoms with Gasteiger partial charge < -0.3 is 10.0 Å². The molecule has 19 heavy (non-hydrogen) atoms. The molecule has 4 nitrogen and oxygen atoms in total. The predicted octanol–water partition coefficient (Wildman–Crippen LogP) is 3.03. The minimum absolute atomic E-state index is 0.107. The van der Waals surface area contributed by atoms with E-state index in [-0.39, 0.29) is 12.0 Å². The van der Waals surface area contributed by atoms with Crippen molar-refractivity contribution in [2.24, 2.45) is 0 Å². The maximum atomic E-state index is 9.18. The van der Waals surface area contributed by atoms with Gasteiger partial charge in [-0.05, 0) is 6.42 Å². The van der Waals surface area contributed by atoms with Gasteiger partial charge in [0.25, 0.3) is 0 Å². The van der Waals surface area contributed by atoms with Crippen LogP contribution in [-0.4, -0.2) is 34.8 Å². The zero-order valence-corrected chi connectivity index (χ0v) is 13.0. The van der Waals surface area contributed by atoms with Crippen molar-refractivity contribution in [3.63, 3.8) is 0 Å². The number of halogens is 1. The van der Waals surface area contributed by atoms with Crippen LogP contribution in [-0.2, 0) is 5.41 Å². The molecule has 0 radical (unpaired) electrons. The van der Waals surface area contributed by atoms with E-state index in [0.717, 1.165) is 31.0 Å². The highest BCUT2D eigenvalue weighted by Gasteiger charge is 2.20. The minimum Gasteiger partial charge on any atom is -0.395 e. The fourth-order valence-corrected chi connectivity index (χ4v) is 1.89. The fraction of sp³-hybridized carbons (Fsp3) is 0.714. The first-order valence-electron chi connectivity index (χ1n) is 6.79. The lowest BCUT2D eigenvalue weighted by molar-refractivity contribution is 0.301. The van der Waals surface area contributed by atoms with E-state index in [2.05, 4.69) is 42.6 Å². The molecule has 0 fully saturated rings. The van der Waals surface area contributed by atoms with Crippen molar-refractivity contribution in [2.45, 2.75) is 46.0 Å². The third-order valence-corrected chi connectivity index (χ3v) is 3.02. The predicted molar refractivity (Wildman–Crippen MR) is 79.9 cm³/mol.